The molecule has 1 saturated heterocycles. The average molecular weight is 701 g/mol. The van der Waals surface area contributed by atoms with Gasteiger partial charge in [0.2, 0.25) is 17.3 Å². The maximum absolute atomic E-state index is 14.7. The van der Waals surface area contributed by atoms with E-state index in [4.69, 9.17) is 14.2 Å². The van der Waals surface area contributed by atoms with E-state index in [2.05, 4.69) is 14.2 Å². The third-order valence-corrected chi connectivity index (χ3v) is 8.15. The van der Waals surface area contributed by atoms with Gasteiger partial charge in [0, 0.05) is 45.8 Å². The van der Waals surface area contributed by atoms with Gasteiger partial charge in [0.05, 0.1) is 29.5 Å². The minimum Gasteiger partial charge on any atom is -0.478 e. The van der Waals surface area contributed by atoms with E-state index in [1.807, 2.05) is 0 Å². The van der Waals surface area contributed by atoms with Crippen molar-refractivity contribution < 1.29 is 60.5 Å². The van der Waals surface area contributed by atoms with Gasteiger partial charge >= 0.3 is 24.0 Å². The van der Waals surface area contributed by atoms with Crippen LogP contribution in [0.4, 0.5) is 23.7 Å². The molecule has 3 heterocycles. The summed E-state index contributed by atoms with van der Waals surface area (Å²) in [6.07, 6.45) is -5.00. The summed E-state index contributed by atoms with van der Waals surface area (Å²) in [5.41, 5.74) is -3.81. The molecular weight excluding hydrogens is 661 g/mol. The van der Waals surface area contributed by atoms with Crippen LogP contribution in [0.5, 0.6) is 11.7 Å². The molecule has 270 valence electrons. The summed E-state index contributed by atoms with van der Waals surface area (Å²) in [6.45, 7) is 5.28. The Balaban J connectivity index is 1.68. The molecule has 0 spiro atoms. The Morgan fingerprint density at radius 1 is 1.20 bits per heavy atom. The fourth-order valence-corrected chi connectivity index (χ4v) is 5.89. The molecule has 2 aliphatic rings. The lowest BCUT2D eigenvalue weighted by atomic mass is 9.96. The van der Waals surface area contributed by atoms with E-state index in [1.165, 1.54) is 28.7 Å². The predicted molar refractivity (Wildman–Crippen MR) is 163 cm³/mol. The van der Waals surface area contributed by atoms with Gasteiger partial charge in [-0.2, -0.15) is 13.2 Å². The van der Waals surface area contributed by atoms with Crippen LogP contribution < -0.4 is 20.8 Å². The monoisotopic (exact) mass is 700 g/mol. The van der Waals surface area contributed by atoms with Crippen LogP contribution in [0.25, 0.3) is 0 Å². The molecule has 1 aromatic heterocycles. The van der Waals surface area contributed by atoms with Crippen LogP contribution in [0.2, 0.25) is 0 Å². The molecule has 1 fully saturated rings. The van der Waals surface area contributed by atoms with Gasteiger partial charge < -0.3 is 48.2 Å². The summed E-state index contributed by atoms with van der Waals surface area (Å²) in [6, 6.07) is 0.287. The number of anilines is 1. The van der Waals surface area contributed by atoms with Gasteiger partial charge in [-0.1, -0.05) is 6.92 Å². The van der Waals surface area contributed by atoms with Gasteiger partial charge in [-0.25, -0.2) is 9.59 Å². The number of carbonyl (C=O) groups is 4. The van der Waals surface area contributed by atoms with E-state index in [9.17, 15) is 42.3 Å². The second kappa shape index (κ2) is 14.8. The first-order valence-corrected chi connectivity index (χ1v) is 15.6. The molecule has 15 nitrogen and oxygen atoms in total. The quantitative estimate of drug-likeness (QED) is 0.351. The first kappa shape index (κ1) is 37.1. The van der Waals surface area contributed by atoms with Crippen molar-refractivity contribution in [1.29, 1.82) is 0 Å². The van der Waals surface area contributed by atoms with Crippen LogP contribution in [0.15, 0.2) is 25.8 Å². The van der Waals surface area contributed by atoms with Crippen molar-refractivity contribution >= 4 is 29.5 Å². The minimum absolute atomic E-state index is 0.0241. The first-order valence-electron chi connectivity index (χ1n) is 15.6. The molecule has 0 aliphatic carbocycles. The van der Waals surface area contributed by atoms with Crippen LogP contribution in [0, 0.1) is 0 Å². The van der Waals surface area contributed by atoms with Crippen molar-refractivity contribution in [2.75, 3.05) is 44.8 Å². The number of fused-ring (bicyclic) bond motifs is 1. The third-order valence-electron chi connectivity index (χ3n) is 8.15. The standard InChI is InChI=1S/C31H39F3N4O11/c1-6-24(39)35-9-11-37-21-12-19(20(31(32,33)34)13-22(21)49-30(4,16-45-5)27(37)42)25(40)38(17(2)3)18-8-7-10-36(14-18)28(43)46-15-23-26(41)48-29(44)47-23/h12-13,17-18,41H,6-11,14-16H2,1-5H3,(H,35,39)/t18-,30?/m1/s1. The van der Waals surface area contributed by atoms with Gasteiger partial charge in [0.1, 0.15) is 5.75 Å². The lowest BCUT2D eigenvalue weighted by Crippen LogP contribution is -2.58. The number of carbonyl (C=O) groups excluding carboxylic acids is 4. The SMILES string of the molecule is CCC(=O)NCCN1C(=O)C(C)(COC)Oc2cc(C(F)(F)F)c(C(=O)N(C(C)C)[C@@H]3CCCN(C(=O)OCc4oc(=O)oc4O)C3)cc21. The summed E-state index contributed by atoms with van der Waals surface area (Å²) < 4.78 is 69.0. The van der Waals surface area contributed by atoms with E-state index >= 15 is 0 Å². The van der Waals surface area contributed by atoms with Crippen molar-refractivity contribution in [3.63, 3.8) is 0 Å². The number of nitrogens with zero attached hydrogens (tertiary/aromatic N) is 3. The molecule has 49 heavy (non-hydrogen) atoms. The molecule has 2 aromatic rings. The van der Waals surface area contributed by atoms with Gasteiger partial charge in [0.15, 0.2) is 6.61 Å². The predicted octanol–water partition coefficient (Wildman–Crippen LogP) is 3.27. The fraction of sp³-hybridized carbons (Fsp3) is 0.581. The number of benzene rings is 1. The van der Waals surface area contributed by atoms with Crippen LogP contribution in [-0.2, 0) is 31.8 Å². The number of ether oxygens (including phenoxy) is 3. The number of likely N-dealkylation sites (tertiary alicyclic amines) is 1. The summed E-state index contributed by atoms with van der Waals surface area (Å²) in [5.74, 6) is -4.69. The lowest BCUT2D eigenvalue weighted by molar-refractivity contribution is -0.140. The summed E-state index contributed by atoms with van der Waals surface area (Å²) in [5, 5.41) is 12.2. The number of hydrogen-bond acceptors (Lipinski definition) is 11. The zero-order chi connectivity index (χ0) is 36.3. The van der Waals surface area contributed by atoms with E-state index in [1.54, 1.807) is 20.8 Å². The number of piperidine rings is 1. The number of amides is 4. The van der Waals surface area contributed by atoms with Crippen molar-refractivity contribution in [3.05, 3.63) is 39.6 Å². The molecule has 0 bridgehead atoms. The molecule has 1 aromatic carbocycles. The highest BCUT2D eigenvalue weighted by Gasteiger charge is 2.48. The second-order valence-electron chi connectivity index (χ2n) is 12.1. The number of hydrogen-bond donors (Lipinski definition) is 2. The highest BCUT2D eigenvalue weighted by Crippen LogP contribution is 2.44. The molecule has 0 saturated carbocycles. The first-order chi connectivity index (χ1) is 23.0. The number of nitrogens with one attached hydrogen (secondary N) is 1. The zero-order valence-corrected chi connectivity index (χ0v) is 27.7. The lowest BCUT2D eigenvalue weighted by Gasteiger charge is -2.42. The Morgan fingerprint density at radius 3 is 2.51 bits per heavy atom. The fourth-order valence-electron chi connectivity index (χ4n) is 5.89. The highest BCUT2D eigenvalue weighted by atomic mass is 19.4. The highest BCUT2D eigenvalue weighted by molar-refractivity contribution is 6.05. The molecular formula is C31H39F3N4O11. The molecule has 18 heteroatoms. The van der Waals surface area contributed by atoms with Crippen LogP contribution in [0.3, 0.4) is 0 Å². The molecule has 1 unspecified atom stereocenters. The Hall–Kier alpha value is -4.74. The number of methoxy groups -OCH3 is 1. The van der Waals surface area contributed by atoms with Gasteiger partial charge in [0.25, 0.3) is 11.8 Å². The summed E-state index contributed by atoms with van der Waals surface area (Å²) in [4.78, 5) is 67.5. The Morgan fingerprint density at radius 2 is 1.92 bits per heavy atom. The molecule has 2 atom stereocenters. The third kappa shape index (κ3) is 8.12. The summed E-state index contributed by atoms with van der Waals surface area (Å²) in [7, 11) is 1.31. The molecule has 2 N–H and O–H groups in total. The van der Waals surface area contributed by atoms with E-state index < -0.39 is 77.0 Å². The number of rotatable bonds is 11. The van der Waals surface area contributed by atoms with E-state index in [0.29, 0.717) is 18.9 Å². The van der Waals surface area contributed by atoms with Gasteiger partial charge in [-0.15, -0.1) is 0 Å². The van der Waals surface area contributed by atoms with E-state index in [-0.39, 0.29) is 56.6 Å². The number of alkyl halides is 3. The Labute approximate surface area is 278 Å². The molecule has 2 aliphatic heterocycles. The number of aromatic hydroxyl groups is 1. The van der Waals surface area contributed by atoms with Crippen molar-refractivity contribution in [1.82, 2.24) is 15.1 Å². The van der Waals surface area contributed by atoms with Crippen LogP contribution >= 0.6 is 0 Å². The van der Waals surface area contributed by atoms with Gasteiger partial charge in [-0.05, 0) is 45.7 Å². The summed E-state index contributed by atoms with van der Waals surface area (Å²) >= 11 is 0. The normalized spacial score (nSPS) is 19.4. The van der Waals surface area contributed by atoms with Crippen molar-refractivity contribution in [2.24, 2.45) is 0 Å². The van der Waals surface area contributed by atoms with E-state index in [0.717, 1.165) is 6.07 Å². The van der Waals surface area contributed by atoms with Crippen LogP contribution in [-0.4, -0.2) is 96.3 Å². The maximum Gasteiger partial charge on any atom is 0.522 e. The molecule has 4 amide bonds. The number of halogens is 3. The second-order valence-corrected chi connectivity index (χ2v) is 12.1. The zero-order valence-electron chi connectivity index (χ0n) is 27.7. The van der Waals surface area contributed by atoms with Crippen molar-refractivity contribution in [3.8, 4) is 11.7 Å². The smallest absolute Gasteiger partial charge is 0.478 e. The molecule has 4 rings (SSSR count). The Bertz CT molecular complexity index is 1620. The topological polar surface area (TPSA) is 181 Å². The molecule has 0 radical (unpaired) electrons. The largest absolute Gasteiger partial charge is 0.522 e. The van der Waals surface area contributed by atoms with Crippen LogP contribution in [0.1, 0.15) is 68.6 Å². The average Bonchev–Trinajstić information content (AvgIpc) is 3.36. The maximum atomic E-state index is 14.7. The van der Waals surface area contributed by atoms with Crippen molar-refractivity contribution in [2.45, 2.75) is 77.4 Å². The van der Waals surface area contributed by atoms with Gasteiger partial charge in [-0.3, -0.25) is 14.4 Å². The Kier molecular flexibility index (Phi) is 11.2. The minimum atomic E-state index is -5.01.